The van der Waals surface area contributed by atoms with E-state index in [0.29, 0.717) is 18.0 Å². The first kappa shape index (κ1) is 15.7. The number of rotatable bonds is 5. The number of ether oxygens (including phenoxy) is 3. The maximum absolute atomic E-state index is 12.5. The van der Waals surface area contributed by atoms with Crippen LogP contribution in [0.25, 0.3) is 0 Å². The zero-order chi connectivity index (χ0) is 17.2. The van der Waals surface area contributed by atoms with Crippen LogP contribution in [0, 0.1) is 0 Å². The molecular formula is C16H15N3O5S. The van der Waals surface area contributed by atoms with Crippen molar-refractivity contribution in [1.29, 1.82) is 0 Å². The van der Waals surface area contributed by atoms with Gasteiger partial charge in [0.25, 0.3) is 0 Å². The second-order valence-electron chi connectivity index (χ2n) is 5.55. The van der Waals surface area contributed by atoms with Crippen molar-refractivity contribution < 1.29 is 23.8 Å². The summed E-state index contributed by atoms with van der Waals surface area (Å²) in [6.07, 6.45) is 1.16. The van der Waals surface area contributed by atoms with E-state index in [-0.39, 0.29) is 25.9 Å². The summed E-state index contributed by atoms with van der Waals surface area (Å²) in [5.74, 6) is 1.09. The first-order chi connectivity index (χ1) is 12.2. The average Bonchev–Trinajstić information content (AvgIpc) is 3.35. The van der Waals surface area contributed by atoms with Crippen molar-refractivity contribution in [2.24, 2.45) is 0 Å². The average molecular weight is 361 g/mol. The SMILES string of the molecule is O=C(NCc1ccc2c(c1)OCO2)[C@@H]1COC(=O)N1Cc1nccs1. The van der Waals surface area contributed by atoms with Gasteiger partial charge in [-0.2, -0.15) is 0 Å². The summed E-state index contributed by atoms with van der Waals surface area (Å²) in [6, 6.07) is 4.83. The molecule has 25 heavy (non-hydrogen) atoms. The second-order valence-corrected chi connectivity index (χ2v) is 6.53. The zero-order valence-corrected chi connectivity index (χ0v) is 14.0. The number of nitrogens with zero attached hydrogens (tertiary/aromatic N) is 2. The molecule has 2 aromatic rings. The van der Waals surface area contributed by atoms with E-state index in [1.807, 2.05) is 17.5 Å². The third kappa shape index (κ3) is 3.22. The van der Waals surface area contributed by atoms with Gasteiger partial charge in [0.15, 0.2) is 11.5 Å². The fourth-order valence-electron chi connectivity index (χ4n) is 2.68. The van der Waals surface area contributed by atoms with Crippen LogP contribution < -0.4 is 14.8 Å². The molecule has 2 aliphatic rings. The topological polar surface area (TPSA) is 90.0 Å². The van der Waals surface area contributed by atoms with Crippen molar-refractivity contribution in [3.05, 3.63) is 40.3 Å². The van der Waals surface area contributed by atoms with Crippen LogP contribution in [0.1, 0.15) is 10.6 Å². The summed E-state index contributed by atoms with van der Waals surface area (Å²) >= 11 is 1.43. The summed E-state index contributed by atoms with van der Waals surface area (Å²) in [6.45, 7) is 0.833. The van der Waals surface area contributed by atoms with E-state index < -0.39 is 12.1 Å². The minimum absolute atomic E-state index is 0.0389. The summed E-state index contributed by atoms with van der Waals surface area (Å²) in [5, 5.41) is 5.42. The van der Waals surface area contributed by atoms with Crippen molar-refractivity contribution in [3.63, 3.8) is 0 Å². The molecule has 1 aromatic heterocycles. The lowest BCUT2D eigenvalue weighted by molar-refractivity contribution is -0.125. The van der Waals surface area contributed by atoms with Crippen LogP contribution >= 0.6 is 11.3 Å². The van der Waals surface area contributed by atoms with Gasteiger partial charge in [-0.1, -0.05) is 6.07 Å². The van der Waals surface area contributed by atoms with E-state index in [4.69, 9.17) is 14.2 Å². The van der Waals surface area contributed by atoms with E-state index in [1.54, 1.807) is 12.3 Å². The van der Waals surface area contributed by atoms with Crippen LogP contribution in [0.15, 0.2) is 29.8 Å². The molecule has 1 aromatic carbocycles. The third-order valence-corrected chi connectivity index (χ3v) is 4.74. The molecule has 130 valence electrons. The highest BCUT2D eigenvalue weighted by Gasteiger charge is 2.38. The number of amides is 2. The Balaban J connectivity index is 1.39. The third-order valence-electron chi connectivity index (χ3n) is 3.97. The number of nitrogens with one attached hydrogen (secondary N) is 1. The molecule has 1 fully saturated rings. The number of cyclic esters (lactones) is 1. The predicted octanol–water partition coefficient (Wildman–Crippen LogP) is 1.51. The Bertz CT molecular complexity index is 795. The molecule has 8 nitrogen and oxygen atoms in total. The molecule has 4 rings (SSSR count). The summed E-state index contributed by atoms with van der Waals surface area (Å²) in [7, 11) is 0. The molecule has 0 unspecified atom stereocenters. The zero-order valence-electron chi connectivity index (χ0n) is 13.1. The minimum Gasteiger partial charge on any atom is -0.454 e. The normalized spacial score (nSPS) is 18.3. The highest BCUT2D eigenvalue weighted by molar-refractivity contribution is 7.09. The molecule has 0 aliphatic carbocycles. The molecule has 0 spiro atoms. The van der Waals surface area contributed by atoms with Crippen LogP contribution in [0.5, 0.6) is 11.5 Å². The number of hydrogen-bond donors (Lipinski definition) is 1. The highest BCUT2D eigenvalue weighted by Crippen LogP contribution is 2.32. The van der Waals surface area contributed by atoms with Gasteiger partial charge in [-0.15, -0.1) is 11.3 Å². The molecular weight excluding hydrogens is 346 g/mol. The van der Waals surface area contributed by atoms with Gasteiger partial charge in [0.05, 0.1) is 6.54 Å². The van der Waals surface area contributed by atoms with Crippen molar-refractivity contribution >= 4 is 23.3 Å². The van der Waals surface area contributed by atoms with E-state index in [1.165, 1.54) is 16.2 Å². The van der Waals surface area contributed by atoms with Crippen molar-refractivity contribution in [3.8, 4) is 11.5 Å². The van der Waals surface area contributed by atoms with Gasteiger partial charge in [0.2, 0.25) is 12.7 Å². The lowest BCUT2D eigenvalue weighted by Gasteiger charge is -2.19. The van der Waals surface area contributed by atoms with Crippen LogP contribution in [-0.4, -0.2) is 41.3 Å². The quantitative estimate of drug-likeness (QED) is 0.868. The van der Waals surface area contributed by atoms with Crippen LogP contribution in [0.4, 0.5) is 4.79 Å². The molecule has 2 aliphatic heterocycles. The Morgan fingerprint density at radius 2 is 2.20 bits per heavy atom. The Morgan fingerprint density at radius 3 is 3.04 bits per heavy atom. The van der Waals surface area contributed by atoms with Gasteiger partial charge in [-0.3, -0.25) is 9.69 Å². The maximum atomic E-state index is 12.5. The van der Waals surface area contributed by atoms with Crippen molar-refractivity contribution in [1.82, 2.24) is 15.2 Å². The summed E-state index contributed by atoms with van der Waals surface area (Å²) < 4.78 is 15.6. The Morgan fingerprint density at radius 1 is 1.32 bits per heavy atom. The number of thiazole rings is 1. The molecule has 1 N–H and O–H groups in total. The number of benzene rings is 1. The Hall–Kier alpha value is -2.81. The highest BCUT2D eigenvalue weighted by atomic mass is 32.1. The molecule has 9 heteroatoms. The first-order valence-corrected chi connectivity index (χ1v) is 8.56. The number of carbonyl (C=O) groups excluding carboxylic acids is 2. The second kappa shape index (κ2) is 6.60. The standard InChI is InChI=1S/C16H15N3O5S/c20-15(18-6-10-1-2-12-13(5-10)24-9-23-12)11-8-22-16(21)19(11)7-14-17-3-4-25-14/h1-5,11H,6-9H2,(H,18,20)/t11-/m0/s1. The Labute approximate surface area is 147 Å². The van der Waals surface area contributed by atoms with E-state index in [9.17, 15) is 9.59 Å². The monoisotopic (exact) mass is 361 g/mol. The summed E-state index contributed by atoms with van der Waals surface area (Å²) in [4.78, 5) is 29.9. The van der Waals surface area contributed by atoms with Gasteiger partial charge in [-0.25, -0.2) is 9.78 Å². The molecule has 0 radical (unpaired) electrons. The Kier molecular flexibility index (Phi) is 4.14. The van der Waals surface area contributed by atoms with Crippen LogP contribution in [0.2, 0.25) is 0 Å². The van der Waals surface area contributed by atoms with Gasteiger partial charge in [0, 0.05) is 18.1 Å². The summed E-state index contributed by atoms with van der Waals surface area (Å²) in [5.41, 5.74) is 0.884. The number of fused-ring (bicyclic) bond motifs is 1. The van der Waals surface area contributed by atoms with Gasteiger partial charge >= 0.3 is 6.09 Å². The predicted molar refractivity (Wildman–Crippen MR) is 87.2 cm³/mol. The smallest absolute Gasteiger partial charge is 0.411 e. The number of hydrogen-bond acceptors (Lipinski definition) is 7. The first-order valence-electron chi connectivity index (χ1n) is 7.69. The lowest BCUT2D eigenvalue weighted by Crippen LogP contribution is -2.45. The fourth-order valence-corrected chi connectivity index (χ4v) is 3.29. The van der Waals surface area contributed by atoms with Gasteiger partial charge in [-0.05, 0) is 17.7 Å². The van der Waals surface area contributed by atoms with Crippen LogP contribution in [0.3, 0.4) is 0 Å². The molecule has 3 heterocycles. The largest absolute Gasteiger partial charge is 0.454 e. The van der Waals surface area contributed by atoms with E-state index in [0.717, 1.165) is 10.6 Å². The van der Waals surface area contributed by atoms with Crippen molar-refractivity contribution in [2.45, 2.75) is 19.1 Å². The molecule has 1 saturated heterocycles. The molecule has 0 saturated carbocycles. The lowest BCUT2D eigenvalue weighted by atomic mass is 10.2. The minimum atomic E-state index is -0.662. The molecule has 0 bridgehead atoms. The van der Waals surface area contributed by atoms with Gasteiger partial charge < -0.3 is 19.5 Å². The van der Waals surface area contributed by atoms with Crippen molar-refractivity contribution in [2.75, 3.05) is 13.4 Å². The van der Waals surface area contributed by atoms with E-state index in [2.05, 4.69) is 10.3 Å². The number of aromatic nitrogens is 1. The molecule has 2 amide bonds. The number of carbonyl (C=O) groups is 2. The van der Waals surface area contributed by atoms with Crippen LogP contribution in [-0.2, 0) is 22.6 Å². The molecule has 1 atom stereocenters. The fraction of sp³-hybridized carbons (Fsp3) is 0.312. The van der Waals surface area contributed by atoms with Gasteiger partial charge in [0.1, 0.15) is 17.7 Å². The maximum Gasteiger partial charge on any atom is 0.411 e. The van der Waals surface area contributed by atoms with E-state index >= 15 is 0 Å².